The van der Waals surface area contributed by atoms with Crippen molar-refractivity contribution in [2.75, 3.05) is 54.9 Å². The summed E-state index contributed by atoms with van der Waals surface area (Å²) in [5.41, 5.74) is 9.77. The molecule has 9 nitrogen and oxygen atoms in total. The number of amides is 1. The number of ketones is 1. The fourth-order valence-corrected chi connectivity index (χ4v) is 6.07. The number of hydrogen-bond acceptors (Lipinski definition) is 8. The highest BCUT2D eigenvalue weighted by Gasteiger charge is 2.31. The highest BCUT2D eigenvalue weighted by Crippen LogP contribution is 2.32. The molecule has 2 aliphatic rings. The van der Waals surface area contributed by atoms with Gasteiger partial charge < -0.3 is 25.8 Å². The number of primary amides is 1. The molecule has 3 aromatic rings. The summed E-state index contributed by atoms with van der Waals surface area (Å²) in [5, 5.41) is 3.28. The van der Waals surface area contributed by atoms with Crippen LogP contribution in [0, 0.1) is 5.92 Å². The van der Waals surface area contributed by atoms with Gasteiger partial charge in [0, 0.05) is 62.1 Å². The van der Waals surface area contributed by atoms with Crippen LogP contribution in [0.2, 0.25) is 0 Å². The van der Waals surface area contributed by atoms with Crippen LogP contribution in [0.1, 0.15) is 73.4 Å². The van der Waals surface area contributed by atoms with Crippen LogP contribution in [-0.2, 0) is 5.41 Å². The average Bonchev–Trinajstić information content (AvgIpc) is 2.98. The van der Waals surface area contributed by atoms with Gasteiger partial charge in [-0.3, -0.25) is 9.59 Å². The summed E-state index contributed by atoms with van der Waals surface area (Å²) in [5.74, 6) is 0.710. The smallest absolute Gasteiger partial charge is 0.271 e. The van der Waals surface area contributed by atoms with Crippen molar-refractivity contribution in [2.45, 2.75) is 58.4 Å². The minimum Gasteiger partial charge on any atom is -0.369 e. The maximum atomic E-state index is 13.3. The average molecular weight is 584 g/mol. The SMILES string of the molecule is C[C@@H]1C(CC(=O)c2ccc(C(C)(C)C)cc2)CCCN1c1cnc(C(N)=O)c(Nc2ccc(N3CCN(C)CC3)cc2)n1. The Morgan fingerprint density at radius 2 is 1.65 bits per heavy atom. The molecule has 3 N–H and O–H groups in total. The molecule has 0 bridgehead atoms. The molecule has 2 saturated heterocycles. The quantitative estimate of drug-likeness (QED) is 0.347. The van der Waals surface area contributed by atoms with E-state index in [1.165, 1.54) is 11.3 Å². The molecular weight excluding hydrogens is 538 g/mol. The van der Waals surface area contributed by atoms with E-state index in [0.717, 1.165) is 56.8 Å². The number of anilines is 4. The lowest BCUT2D eigenvalue weighted by Gasteiger charge is -2.40. The second-order valence-electron chi connectivity index (χ2n) is 13.0. The van der Waals surface area contributed by atoms with Crippen LogP contribution in [-0.4, -0.2) is 72.4 Å². The Bertz CT molecular complexity index is 1420. The lowest BCUT2D eigenvalue weighted by atomic mass is 9.83. The van der Waals surface area contributed by atoms with Gasteiger partial charge in [-0.15, -0.1) is 0 Å². The molecule has 2 atom stereocenters. The number of hydrogen-bond donors (Lipinski definition) is 2. The molecule has 3 heterocycles. The van der Waals surface area contributed by atoms with Gasteiger partial charge >= 0.3 is 0 Å². The normalized spacial score (nSPS) is 19.7. The van der Waals surface area contributed by atoms with Crippen LogP contribution in [0.5, 0.6) is 0 Å². The largest absolute Gasteiger partial charge is 0.369 e. The second kappa shape index (κ2) is 12.7. The van der Waals surface area contributed by atoms with E-state index >= 15 is 0 Å². The number of aromatic nitrogens is 2. The Morgan fingerprint density at radius 1 is 0.977 bits per heavy atom. The van der Waals surface area contributed by atoms with Gasteiger partial charge in [0.05, 0.1) is 6.20 Å². The molecule has 1 aromatic heterocycles. The molecule has 43 heavy (non-hydrogen) atoms. The highest BCUT2D eigenvalue weighted by molar-refractivity contribution is 5.97. The van der Waals surface area contributed by atoms with E-state index in [1.54, 1.807) is 6.20 Å². The molecule has 2 aliphatic heterocycles. The molecule has 2 fully saturated rings. The molecule has 0 aliphatic carbocycles. The summed E-state index contributed by atoms with van der Waals surface area (Å²) in [6, 6.07) is 16.3. The molecule has 0 saturated carbocycles. The monoisotopic (exact) mass is 583 g/mol. The first kappa shape index (κ1) is 30.5. The fourth-order valence-electron chi connectivity index (χ4n) is 6.07. The first-order chi connectivity index (χ1) is 20.5. The Balaban J connectivity index is 1.29. The van der Waals surface area contributed by atoms with Crippen LogP contribution in [0.15, 0.2) is 54.7 Å². The van der Waals surface area contributed by atoms with E-state index in [1.807, 2.05) is 24.3 Å². The Labute approximate surface area is 255 Å². The van der Waals surface area contributed by atoms with E-state index in [4.69, 9.17) is 10.7 Å². The summed E-state index contributed by atoms with van der Waals surface area (Å²) in [7, 11) is 2.15. The molecule has 0 radical (unpaired) electrons. The second-order valence-corrected chi connectivity index (χ2v) is 13.0. The van der Waals surface area contributed by atoms with Crippen LogP contribution in [0.25, 0.3) is 0 Å². The molecule has 1 unspecified atom stereocenters. The van der Waals surface area contributed by atoms with E-state index in [-0.39, 0.29) is 28.9 Å². The number of carbonyl (C=O) groups is 2. The van der Waals surface area contributed by atoms with E-state index in [0.29, 0.717) is 18.1 Å². The van der Waals surface area contributed by atoms with Gasteiger partial charge in [0.25, 0.3) is 5.91 Å². The predicted molar refractivity (Wildman–Crippen MR) is 174 cm³/mol. The number of carbonyl (C=O) groups excluding carboxylic acids is 2. The number of nitrogens with zero attached hydrogens (tertiary/aromatic N) is 5. The van der Waals surface area contributed by atoms with E-state index in [2.05, 4.69) is 84.0 Å². The van der Waals surface area contributed by atoms with Gasteiger partial charge in [0.1, 0.15) is 5.82 Å². The van der Waals surface area contributed by atoms with E-state index in [9.17, 15) is 9.59 Å². The summed E-state index contributed by atoms with van der Waals surface area (Å²) < 4.78 is 0. The summed E-state index contributed by atoms with van der Waals surface area (Å²) in [6.07, 6.45) is 4.01. The van der Waals surface area contributed by atoms with Gasteiger partial charge in [0.2, 0.25) is 0 Å². The van der Waals surface area contributed by atoms with Gasteiger partial charge in [-0.1, -0.05) is 45.0 Å². The number of likely N-dealkylation sites (N-methyl/N-ethyl adjacent to an activating group) is 1. The Kier molecular flexibility index (Phi) is 9.01. The van der Waals surface area contributed by atoms with Crippen molar-refractivity contribution < 1.29 is 9.59 Å². The van der Waals surface area contributed by atoms with Crippen molar-refractivity contribution >= 4 is 34.7 Å². The first-order valence-electron chi connectivity index (χ1n) is 15.4. The number of Topliss-reactive ketones (excluding diaryl/α,β-unsaturated/α-hetero) is 1. The molecule has 1 amide bonds. The fraction of sp³-hybridized carbons (Fsp3) is 0.471. The van der Waals surface area contributed by atoms with Gasteiger partial charge in [0.15, 0.2) is 17.3 Å². The molecule has 5 rings (SSSR count). The van der Waals surface area contributed by atoms with Crippen LogP contribution in [0.4, 0.5) is 23.0 Å². The number of benzene rings is 2. The third-order valence-electron chi connectivity index (χ3n) is 8.95. The first-order valence-corrected chi connectivity index (χ1v) is 15.4. The van der Waals surface area contributed by atoms with Crippen LogP contribution in [0.3, 0.4) is 0 Å². The van der Waals surface area contributed by atoms with Crippen LogP contribution >= 0.6 is 0 Å². The van der Waals surface area contributed by atoms with Crippen molar-refractivity contribution in [1.82, 2.24) is 14.9 Å². The number of piperidine rings is 1. The van der Waals surface area contributed by atoms with Crippen molar-refractivity contribution in [2.24, 2.45) is 11.7 Å². The topological polar surface area (TPSA) is 108 Å². The zero-order chi connectivity index (χ0) is 30.7. The molecule has 0 spiro atoms. The van der Waals surface area contributed by atoms with E-state index < -0.39 is 5.91 Å². The van der Waals surface area contributed by atoms with Gasteiger partial charge in [-0.25, -0.2) is 9.97 Å². The standard InChI is InChI=1S/C34H45N7O2/c1-23-25(21-29(42)24-8-10-26(11-9-24)34(2,3)4)7-6-16-41(23)30-22-36-31(32(35)43)33(38-30)37-27-12-14-28(15-13-27)40-19-17-39(5)18-20-40/h8-15,22-23,25H,6-7,16-21H2,1-5H3,(H2,35,43)(H,37,38)/t23-,25?/m1/s1. The summed E-state index contributed by atoms with van der Waals surface area (Å²) in [4.78, 5) is 41.7. The van der Waals surface area contributed by atoms with Crippen molar-refractivity contribution in [3.63, 3.8) is 0 Å². The van der Waals surface area contributed by atoms with Crippen molar-refractivity contribution in [3.8, 4) is 0 Å². The zero-order valence-corrected chi connectivity index (χ0v) is 26.1. The minimum absolute atomic E-state index is 0.0484. The Morgan fingerprint density at radius 3 is 2.28 bits per heavy atom. The van der Waals surface area contributed by atoms with Crippen LogP contribution < -0.4 is 20.9 Å². The molecule has 9 heteroatoms. The zero-order valence-electron chi connectivity index (χ0n) is 26.1. The highest BCUT2D eigenvalue weighted by atomic mass is 16.1. The summed E-state index contributed by atoms with van der Waals surface area (Å²) in [6.45, 7) is 13.5. The molecule has 228 valence electrons. The maximum absolute atomic E-state index is 13.3. The van der Waals surface area contributed by atoms with Gasteiger partial charge in [-0.05, 0) is 68.0 Å². The van der Waals surface area contributed by atoms with Crippen molar-refractivity contribution in [3.05, 3.63) is 71.5 Å². The van der Waals surface area contributed by atoms with Gasteiger partial charge in [-0.2, -0.15) is 0 Å². The maximum Gasteiger partial charge on any atom is 0.271 e. The number of nitrogens with one attached hydrogen (secondary N) is 1. The minimum atomic E-state index is -0.636. The number of rotatable bonds is 8. The predicted octanol–water partition coefficient (Wildman–Crippen LogP) is 5.25. The number of nitrogens with two attached hydrogens (primary N) is 1. The lowest BCUT2D eigenvalue weighted by molar-refractivity contribution is 0.0944. The third-order valence-corrected chi connectivity index (χ3v) is 8.95. The molecule has 2 aromatic carbocycles. The lowest BCUT2D eigenvalue weighted by Crippen LogP contribution is -2.44. The Hall–Kier alpha value is -3.98. The third kappa shape index (κ3) is 7.16. The number of piperazine rings is 1. The molecular formula is C34H45N7O2. The summed E-state index contributed by atoms with van der Waals surface area (Å²) >= 11 is 0. The van der Waals surface area contributed by atoms with Crippen molar-refractivity contribution in [1.29, 1.82) is 0 Å².